The number of hydrogen-bond donors (Lipinski definition) is 3. The molecule has 3 unspecified atom stereocenters. The van der Waals surface area contributed by atoms with E-state index in [4.69, 9.17) is 9.05 Å². The molecule has 49 heavy (non-hydrogen) atoms. The molecule has 0 aliphatic rings. The fourth-order valence-electron chi connectivity index (χ4n) is 5.05. The maximum absolute atomic E-state index is 12.8. The normalized spacial score (nSPS) is 15.2. The van der Waals surface area contributed by atoms with E-state index < -0.39 is 20.0 Å². The zero-order chi connectivity index (χ0) is 36.5. The molecule has 1 amide bonds. The Kier molecular flexibility index (Phi) is 31.4. The molecule has 0 aliphatic heterocycles. The molecule has 0 aromatic rings. The van der Waals surface area contributed by atoms with Crippen molar-refractivity contribution >= 4 is 13.7 Å². The van der Waals surface area contributed by atoms with Gasteiger partial charge in [-0.3, -0.25) is 13.8 Å². The Hall–Kier alpha value is -1.54. The summed E-state index contributed by atoms with van der Waals surface area (Å²) in [6, 6.07) is -0.871. The zero-order valence-corrected chi connectivity index (χ0v) is 33.1. The van der Waals surface area contributed by atoms with Gasteiger partial charge >= 0.3 is 7.82 Å². The number of nitrogens with one attached hydrogen (secondary N) is 1. The monoisotopic (exact) mass is 712 g/mol. The van der Waals surface area contributed by atoms with E-state index in [0.29, 0.717) is 17.4 Å². The molecule has 0 fully saturated rings. The molecule has 0 aromatic heterocycles. The highest BCUT2D eigenvalue weighted by Crippen LogP contribution is 2.43. The summed E-state index contributed by atoms with van der Waals surface area (Å²) in [7, 11) is 1.53. The number of unbranched alkanes of at least 4 members (excludes halogenated alkanes) is 15. The van der Waals surface area contributed by atoms with Gasteiger partial charge in [0.2, 0.25) is 5.91 Å². The summed E-state index contributed by atoms with van der Waals surface area (Å²) in [4.78, 5) is 23.0. The lowest BCUT2D eigenvalue weighted by Gasteiger charge is -2.25. The van der Waals surface area contributed by atoms with Gasteiger partial charge in [-0.25, -0.2) is 4.57 Å². The zero-order valence-electron chi connectivity index (χ0n) is 32.2. The number of rotatable bonds is 34. The third-order valence-electron chi connectivity index (χ3n) is 8.25. The van der Waals surface area contributed by atoms with E-state index >= 15 is 0 Å². The van der Waals surface area contributed by atoms with Crippen LogP contribution in [-0.2, 0) is 18.4 Å². The lowest BCUT2D eigenvalue weighted by atomic mass is 10.1. The molecule has 0 heterocycles. The third kappa shape index (κ3) is 34.7. The van der Waals surface area contributed by atoms with Gasteiger partial charge in [0.15, 0.2) is 0 Å². The Morgan fingerprint density at radius 1 is 0.673 bits per heavy atom. The summed E-state index contributed by atoms with van der Waals surface area (Å²) < 4.78 is 23.4. The maximum Gasteiger partial charge on any atom is 0.472 e. The smallest absolute Gasteiger partial charge is 0.387 e. The van der Waals surface area contributed by atoms with E-state index in [2.05, 4.69) is 55.6 Å². The Labute approximate surface area is 301 Å². The Morgan fingerprint density at radius 2 is 1.14 bits per heavy atom. The molecule has 286 valence electrons. The van der Waals surface area contributed by atoms with Crippen LogP contribution in [0, 0.1) is 0 Å². The van der Waals surface area contributed by atoms with Crippen molar-refractivity contribution in [2.75, 3.05) is 40.9 Å². The number of carbonyl (C=O) groups excluding carboxylic acids is 1. The van der Waals surface area contributed by atoms with Crippen molar-refractivity contribution in [3.8, 4) is 0 Å². The number of carbonyl (C=O) groups is 1. The number of aliphatic hydroxyl groups excluding tert-OH is 1. The molecule has 8 nitrogen and oxygen atoms in total. The van der Waals surface area contributed by atoms with Gasteiger partial charge in [0, 0.05) is 6.42 Å². The van der Waals surface area contributed by atoms with Crippen LogP contribution in [0.25, 0.3) is 0 Å². The van der Waals surface area contributed by atoms with Crippen molar-refractivity contribution in [3.63, 3.8) is 0 Å². The second kappa shape index (κ2) is 32.4. The molecular formula is C40H76N2O6P+. The molecule has 0 radical (unpaired) electrons. The van der Waals surface area contributed by atoms with E-state index in [1.54, 1.807) is 6.08 Å². The summed E-state index contributed by atoms with van der Waals surface area (Å²) in [5.74, 6) is -0.205. The first-order valence-electron chi connectivity index (χ1n) is 19.5. The number of hydrogen-bond acceptors (Lipinski definition) is 5. The van der Waals surface area contributed by atoms with E-state index in [1.165, 1.54) is 64.2 Å². The summed E-state index contributed by atoms with van der Waals surface area (Å²) in [5, 5.41) is 13.7. The van der Waals surface area contributed by atoms with Crippen LogP contribution in [0.5, 0.6) is 0 Å². The van der Waals surface area contributed by atoms with E-state index in [-0.39, 0.29) is 19.1 Å². The number of phosphoric ester groups is 1. The van der Waals surface area contributed by atoms with Crippen LogP contribution in [0.1, 0.15) is 149 Å². The molecule has 0 saturated heterocycles. The molecule has 0 bridgehead atoms. The van der Waals surface area contributed by atoms with Crippen LogP contribution in [0.3, 0.4) is 0 Å². The van der Waals surface area contributed by atoms with Gasteiger partial charge in [-0.2, -0.15) is 0 Å². The van der Waals surface area contributed by atoms with Gasteiger partial charge in [0.25, 0.3) is 0 Å². The summed E-state index contributed by atoms with van der Waals surface area (Å²) in [5.41, 5.74) is 0. The molecule has 0 spiro atoms. The van der Waals surface area contributed by atoms with E-state index in [9.17, 15) is 19.4 Å². The number of phosphoric acid groups is 1. The first-order valence-corrected chi connectivity index (χ1v) is 21.0. The standard InChI is InChI=1S/C40H75N2O6P/c1-6-8-10-12-14-16-18-20-21-22-24-26-28-30-32-34-40(44)41-38(37-48-49(45,46)47-36-35-42(3,4)5)39(43)33-31-29-27-25-23-19-17-15-13-11-9-7-2/h13,15,20-21,23,25,31,33,38-39,43H,6-12,14,16-19,22,24,26-30,32,34-37H2,1-5H3,(H-,41,44,45,46)/p+1/b15-13+,21-20-,25-23+,33-31+. The van der Waals surface area contributed by atoms with Crippen molar-refractivity contribution in [1.29, 1.82) is 0 Å². The first-order chi connectivity index (χ1) is 23.5. The fourth-order valence-corrected chi connectivity index (χ4v) is 5.79. The van der Waals surface area contributed by atoms with Gasteiger partial charge in [0.1, 0.15) is 13.2 Å². The minimum absolute atomic E-state index is 0.0505. The molecule has 0 rings (SSSR count). The summed E-state index contributed by atoms with van der Waals surface area (Å²) >= 11 is 0. The number of likely N-dealkylation sites (N-methyl/N-ethyl adjacent to an activating group) is 1. The Bertz CT molecular complexity index is 944. The van der Waals surface area contributed by atoms with Crippen LogP contribution in [-0.4, -0.2) is 73.4 Å². The highest BCUT2D eigenvalue weighted by molar-refractivity contribution is 7.47. The highest BCUT2D eigenvalue weighted by Gasteiger charge is 2.27. The highest BCUT2D eigenvalue weighted by atomic mass is 31.2. The molecule has 0 saturated carbocycles. The van der Waals surface area contributed by atoms with Crippen molar-refractivity contribution in [1.82, 2.24) is 5.32 Å². The topological polar surface area (TPSA) is 105 Å². The second-order valence-electron chi connectivity index (χ2n) is 14.3. The van der Waals surface area contributed by atoms with Crippen LogP contribution in [0.2, 0.25) is 0 Å². The quantitative estimate of drug-likeness (QED) is 0.0266. The SMILES string of the molecule is CCCC/C=C/CC/C=C/CC/C=C/C(O)C(COP(=O)(O)OCC[N+](C)(C)C)NC(=O)CCCCCCC/C=C\CCCCCCCC. The van der Waals surface area contributed by atoms with Crippen LogP contribution >= 0.6 is 7.82 Å². The molecule has 0 aromatic carbocycles. The van der Waals surface area contributed by atoms with E-state index in [0.717, 1.165) is 64.2 Å². The summed E-state index contributed by atoms with van der Waals surface area (Å²) in [6.07, 6.45) is 38.9. The van der Waals surface area contributed by atoms with Gasteiger partial charge in [0.05, 0.1) is 39.9 Å². The molecule has 3 N–H and O–H groups in total. The van der Waals surface area contributed by atoms with Gasteiger partial charge in [-0.1, -0.05) is 127 Å². The first kappa shape index (κ1) is 47.5. The van der Waals surface area contributed by atoms with Crippen LogP contribution in [0.15, 0.2) is 48.6 Å². The molecule has 0 aliphatic carbocycles. The van der Waals surface area contributed by atoms with Crippen molar-refractivity contribution in [2.45, 2.75) is 161 Å². The number of amides is 1. The fraction of sp³-hybridized carbons (Fsp3) is 0.775. The number of quaternary nitrogens is 1. The maximum atomic E-state index is 12.8. The minimum Gasteiger partial charge on any atom is -0.387 e. The van der Waals surface area contributed by atoms with E-state index in [1.807, 2.05) is 27.2 Å². The van der Waals surface area contributed by atoms with Crippen LogP contribution < -0.4 is 5.32 Å². The van der Waals surface area contributed by atoms with Crippen LogP contribution in [0.4, 0.5) is 0 Å². The predicted molar refractivity (Wildman–Crippen MR) is 207 cm³/mol. The Balaban J connectivity index is 4.60. The van der Waals surface area contributed by atoms with Gasteiger partial charge in [-0.05, 0) is 64.2 Å². The molecular weight excluding hydrogens is 635 g/mol. The molecule has 3 atom stereocenters. The lowest BCUT2D eigenvalue weighted by molar-refractivity contribution is -0.870. The van der Waals surface area contributed by atoms with Crippen molar-refractivity contribution in [2.24, 2.45) is 0 Å². The summed E-state index contributed by atoms with van der Waals surface area (Å²) in [6.45, 7) is 4.69. The minimum atomic E-state index is -4.34. The molecule has 9 heteroatoms. The lowest BCUT2D eigenvalue weighted by Crippen LogP contribution is -2.45. The Morgan fingerprint density at radius 3 is 1.69 bits per heavy atom. The number of nitrogens with zero attached hydrogens (tertiary/aromatic N) is 1. The second-order valence-corrected chi connectivity index (χ2v) is 15.7. The number of allylic oxidation sites excluding steroid dienone is 7. The van der Waals surface area contributed by atoms with Gasteiger partial charge < -0.3 is 19.8 Å². The predicted octanol–water partition coefficient (Wildman–Crippen LogP) is 10.1. The van der Waals surface area contributed by atoms with Crippen molar-refractivity contribution < 1.29 is 32.9 Å². The largest absolute Gasteiger partial charge is 0.472 e. The average molecular weight is 712 g/mol. The van der Waals surface area contributed by atoms with Crippen molar-refractivity contribution in [3.05, 3.63) is 48.6 Å². The third-order valence-corrected chi connectivity index (χ3v) is 9.23. The number of aliphatic hydroxyl groups is 1. The average Bonchev–Trinajstić information content (AvgIpc) is 3.04. The van der Waals surface area contributed by atoms with Gasteiger partial charge in [-0.15, -0.1) is 0 Å².